The summed E-state index contributed by atoms with van der Waals surface area (Å²) in [6.07, 6.45) is 3.63. The van der Waals surface area contributed by atoms with E-state index in [1.165, 1.54) is 12.8 Å². The van der Waals surface area contributed by atoms with Crippen LogP contribution in [0.15, 0.2) is 18.2 Å². The quantitative estimate of drug-likeness (QED) is 0.784. The second-order valence-electron chi connectivity index (χ2n) is 5.11. The number of hydrogen-bond acceptors (Lipinski definition) is 2. The highest BCUT2D eigenvalue weighted by Gasteiger charge is 2.40. The molecule has 0 radical (unpaired) electrons. The summed E-state index contributed by atoms with van der Waals surface area (Å²) in [7, 11) is 0. The van der Waals surface area contributed by atoms with E-state index >= 15 is 0 Å². The van der Waals surface area contributed by atoms with Gasteiger partial charge in [0.1, 0.15) is 0 Å². The Hall–Kier alpha value is -1.51. The van der Waals surface area contributed by atoms with Gasteiger partial charge in [-0.05, 0) is 55.4 Å². The Bertz CT molecular complexity index is 436. The number of rotatable bonds is 4. The average Bonchev–Trinajstić information content (AvgIpc) is 3.07. The molecule has 0 bridgehead atoms. The van der Waals surface area contributed by atoms with Gasteiger partial charge in [-0.15, -0.1) is 0 Å². The third-order valence-electron chi connectivity index (χ3n) is 3.83. The van der Waals surface area contributed by atoms with Crippen LogP contribution >= 0.6 is 0 Å². The van der Waals surface area contributed by atoms with Gasteiger partial charge in [-0.2, -0.15) is 0 Å². The van der Waals surface area contributed by atoms with Gasteiger partial charge in [0, 0.05) is 17.8 Å². The van der Waals surface area contributed by atoms with Gasteiger partial charge in [0.05, 0.1) is 0 Å². The van der Waals surface area contributed by atoms with Crippen molar-refractivity contribution in [2.45, 2.75) is 33.1 Å². The minimum absolute atomic E-state index is 0.0159. The summed E-state index contributed by atoms with van der Waals surface area (Å²) in [5.41, 5.74) is 8.42. The lowest BCUT2D eigenvalue weighted by molar-refractivity contribution is 0.0944. The molecule has 3 nitrogen and oxygen atoms in total. The molecule has 0 atom stereocenters. The fraction of sp³-hybridized carbons (Fsp3) is 0.500. The monoisotopic (exact) mass is 232 g/mol. The number of amides is 1. The maximum absolute atomic E-state index is 12.0. The number of anilines is 1. The number of carbonyl (C=O) groups excluding carboxylic acids is 1. The van der Waals surface area contributed by atoms with Gasteiger partial charge < -0.3 is 11.1 Å². The van der Waals surface area contributed by atoms with E-state index < -0.39 is 0 Å². The predicted octanol–water partition coefficient (Wildman–Crippen LogP) is 2.50. The lowest BCUT2D eigenvalue weighted by Gasteiger charge is -2.14. The van der Waals surface area contributed by atoms with Crippen molar-refractivity contribution in [3.63, 3.8) is 0 Å². The van der Waals surface area contributed by atoms with E-state index in [1.807, 2.05) is 13.0 Å². The smallest absolute Gasteiger partial charge is 0.251 e. The Morgan fingerprint density at radius 2 is 2.18 bits per heavy atom. The first-order chi connectivity index (χ1) is 8.06. The van der Waals surface area contributed by atoms with E-state index in [9.17, 15) is 4.79 Å². The molecule has 1 saturated carbocycles. The molecule has 1 aliphatic carbocycles. The van der Waals surface area contributed by atoms with Crippen molar-refractivity contribution < 1.29 is 4.79 Å². The molecule has 0 heterocycles. The maximum atomic E-state index is 12.0. The highest BCUT2D eigenvalue weighted by Crippen LogP contribution is 2.47. The zero-order valence-corrected chi connectivity index (χ0v) is 10.5. The summed E-state index contributed by atoms with van der Waals surface area (Å²) in [5, 5.41) is 3.03. The Balaban J connectivity index is 2.00. The fourth-order valence-corrected chi connectivity index (χ4v) is 2.14. The first kappa shape index (κ1) is 12.0. The highest BCUT2D eigenvalue weighted by molar-refractivity contribution is 5.96. The van der Waals surface area contributed by atoms with Crippen LogP contribution in [0.5, 0.6) is 0 Å². The van der Waals surface area contributed by atoms with Gasteiger partial charge in [-0.3, -0.25) is 4.79 Å². The van der Waals surface area contributed by atoms with Gasteiger partial charge in [0.25, 0.3) is 5.91 Å². The molecule has 0 saturated heterocycles. The number of aryl methyl sites for hydroxylation is 1. The minimum atomic E-state index is 0.0159. The number of hydrogen-bond donors (Lipinski definition) is 2. The Morgan fingerprint density at radius 1 is 1.47 bits per heavy atom. The highest BCUT2D eigenvalue weighted by atomic mass is 16.1. The summed E-state index contributed by atoms with van der Waals surface area (Å²) < 4.78 is 0. The second kappa shape index (κ2) is 4.40. The standard InChI is InChI=1S/C14H20N2O/c1-3-14(6-7-14)9-16-13(17)12-5-4-11(15)8-10(12)2/h4-5,8H,3,6-7,9,15H2,1-2H3,(H,16,17). The van der Waals surface area contributed by atoms with Crippen molar-refractivity contribution in [1.82, 2.24) is 5.32 Å². The molecular weight excluding hydrogens is 212 g/mol. The average molecular weight is 232 g/mol. The molecule has 3 heteroatoms. The summed E-state index contributed by atoms with van der Waals surface area (Å²) in [6.45, 7) is 4.90. The molecule has 0 aromatic heterocycles. The van der Waals surface area contributed by atoms with E-state index in [0.717, 1.165) is 24.1 Å². The molecule has 1 amide bonds. The van der Waals surface area contributed by atoms with Crippen molar-refractivity contribution >= 4 is 11.6 Å². The molecule has 1 aliphatic rings. The predicted molar refractivity (Wildman–Crippen MR) is 69.9 cm³/mol. The first-order valence-corrected chi connectivity index (χ1v) is 6.21. The number of benzene rings is 1. The van der Waals surface area contributed by atoms with E-state index in [0.29, 0.717) is 11.1 Å². The van der Waals surface area contributed by atoms with Crippen molar-refractivity contribution in [1.29, 1.82) is 0 Å². The van der Waals surface area contributed by atoms with E-state index in [4.69, 9.17) is 5.73 Å². The van der Waals surface area contributed by atoms with Gasteiger partial charge in [-0.25, -0.2) is 0 Å². The third kappa shape index (κ3) is 2.60. The van der Waals surface area contributed by atoms with Gasteiger partial charge in [0.15, 0.2) is 0 Å². The molecule has 0 unspecified atom stereocenters. The van der Waals surface area contributed by atoms with E-state index in [1.54, 1.807) is 12.1 Å². The van der Waals surface area contributed by atoms with E-state index in [2.05, 4.69) is 12.2 Å². The van der Waals surface area contributed by atoms with Crippen LogP contribution in [0.4, 0.5) is 5.69 Å². The van der Waals surface area contributed by atoms with Crippen LogP contribution in [0.3, 0.4) is 0 Å². The van der Waals surface area contributed by atoms with Crippen LogP contribution in [0.25, 0.3) is 0 Å². The van der Waals surface area contributed by atoms with Crippen molar-refractivity contribution in [2.75, 3.05) is 12.3 Å². The second-order valence-corrected chi connectivity index (χ2v) is 5.11. The summed E-state index contributed by atoms with van der Waals surface area (Å²) >= 11 is 0. The summed E-state index contributed by atoms with van der Waals surface area (Å²) in [5.74, 6) is 0.0159. The third-order valence-corrected chi connectivity index (χ3v) is 3.83. The number of carbonyl (C=O) groups is 1. The molecule has 3 N–H and O–H groups in total. The van der Waals surface area contributed by atoms with Crippen LogP contribution in [0.2, 0.25) is 0 Å². The Labute approximate surface area is 102 Å². The zero-order valence-electron chi connectivity index (χ0n) is 10.5. The number of nitrogen functional groups attached to an aromatic ring is 1. The molecule has 92 valence electrons. The number of nitrogens with two attached hydrogens (primary N) is 1. The van der Waals surface area contributed by atoms with Crippen LogP contribution in [-0.4, -0.2) is 12.5 Å². The molecule has 1 fully saturated rings. The van der Waals surface area contributed by atoms with Crippen LogP contribution < -0.4 is 11.1 Å². The molecule has 17 heavy (non-hydrogen) atoms. The molecule has 1 aromatic carbocycles. The van der Waals surface area contributed by atoms with Crippen LogP contribution in [0.1, 0.15) is 42.1 Å². The largest absolute Gasteiger partial charge is 0.399 e. The van der Waals surface area contributed by atoms with Gasteiger partial charge >= 0.3 is 0 Å². The lowest BCUT2D eigenvalue weighted by Crippen LogP contribution is -2.30. The zero-order chi connectivity index (χ0) is 12.5. The van der Waals surface area contributed by atoms with Crippen LogP contribution in [-0.2, 0) is 0 Å². The Kier molecular flexibility index (Phi) is 3.09. The van der Waals surface area contributed by atoms with Gasteiger partial charge in [-0.1, -0.05) is 6.92 Å². The number of nitrogens with one attached hydrogen (secondary N) is 1. The lowest BCUT2D eigenvalue weighted by atomic mass is 10.0. The molecular formula is C14H20N2O. The topological polar surface area (TPSA) is 55.1 Å². The Morgan fingerprint density at radius 3 is 2.71 bits per heavy atom. The molecule has 0 aliphatic heterocycles. The molecule has 2 rings (SSSR count). The molecule has 1 aromatic rings. The maximum Gasteiger partial charge on any atom is 0.251 e. The SMILES string of the molecule is CCC1(CNC(=O)c2ccc(N)cc2C)CC1. The normalized spacial score (nSPS) is 16.6. The summed E-state index contributed by atoms with van der Waals surface area (Å²) in [6, 6.07) is 5.40. The molecule has 0 spiro atoms. The van der Waals surface area contributed by atoms with Crippen molar-refractivity contribution in [3.8, 4) is 0 Å². The van der Waals surface area contributed by atoms with Crippen LogP contribution in [0, 0.1) is 12.3 Å². The van der Waals surface area contributed by atoms with Crippen molar-refractivity contribution in [2.24, 2.45) is 5.41 Å². The van der Waals surface area contributed by atoms with Crippen molar-refractivity contribution in [3.05, 3.63) is 29.3 Å². The summed E-state index contributed by atoms with van der Waals surface area (Å²) in [4.78, 5) is 12.0. The first-order valence-electron chi connectivity index (χ1n) is 6.21. The minimum Gasteiger partial charge on any atom is -0.399 e. The fourth-order valence-electron chi connectivity index (χ4n) is 2.14. The van der Waals surface area contributed by atoms with E-state index in [-0.39, 0.29) is 5.91 Å². The van der Waals surface area contributed by atoms with Gasteiger partial charge in [0.2, 0.25) is 0 Å².